The van der Waals surface area contributed by atoms with Crippen molar-refractivity contribution in [2.75, 3.05) is 0 Å². The fourth-order valence-electron chi connectivity index (χ4n) is 3.47. The molecule has 30 heavy (non-hydrogen) atoms. The molecule has 1 N–H and O–H groups in total. The molecule has 1 aliphatic carbocycles. The van der Waals surface area contributed by atoms with E-state index in [1.54, 1.807) is 24.3 Å². The van der Waals surface area contributed by atoms with Gasteiger partial charge in [0.15, 0.2) is 5.78 Å². The minimum Gasteiger partial charge on any atom is -0.294 e. The molecule has 0 fully saturated rings. The van der Waals surface area contributed by atoms with Crippen LogP contribution in [0.3, 0.4) is 0 Å². The molecule has 0 bridgehead atoms. The van der Waals surface area contributed by atoms with E-state index in [-0.39, 0.29) is 17.1 Å². The molecular weight excluding hydrogens is 488 g/mol. The SMILES string of the molecule is Cc1csc(-c2cccc(S(=O)(=O)NC(=O)CC3Cc4cc(Br)ccc4C3=O)c2)n1. The van der Waals surface area contributed by atoms with E-state index in [0.717, 1.165) is 15.7 Å². The summed E-state index contributed by atoms with van der Waals surface area (Å²) < 4.78 is 28.4. The van der Waals surface area contributed by atoms with Gasteiger partial charge in [0.25, 0.3) is 10.0 Å². The van der Waals surface area contributed by atoms with Crippen LogP contribution in [0, 0.1) is 12.8 Å². The number of nitrogens with one attached hydrogen (secondary N) is 1. The van der Waals surface area contributed by atoms with Crippen LogP contribution in [0.25, 0.3) is 10.6 Å². The highest BCUT2D eigenvalue weighted by atomic mass is 79.9. The first-order valence-electron chi connectivity index (χ1n) is 9.14. The number of rotatable bonds is 5. The Balaban J connectivity index is 1.48. The van der Waals surface area contributed by atoms with E-state index in [2.05, 4.69) is 25.6 Å². The van der Waals surface area contributed by atoms with Gasteiger partial charge in [-0.2, -0.15) is 0 Å². The number of amides is 1. The lowest BCUT2D eigenvalue weighted by Crippen LogP contribution is -2.32. The monoisotopic (exact) mass is 504 g/mol. The molecule has 9 heteroatoms. The zero-order chi connectivity index (χ0) is 21.5. The third-order valence-corrected chi connectivity index (χ3v) is 7.73. The summed E-state index contributed by atoms with van der Waals surface area (Å²) in [7, 11) is -4.06. The molecule has 0 radical (unpaired) electrons. The van der Waals surface area contributed by atoms with Crippen LogP contribution in [0.4, 0.5) is 0 Å². The fraction of sp³-hybridized carbons (Fsp3) is 0.190. The number of aryl methyl sites for hydroxylation is 1. The van der Waals surface area contributed by atoms with Gasteiger partial charge in [0.1, 0.15) is 5.01 Å². The predicted molar refractivity (Wildman–Crippen MR) is 118 cm³/mol. The average molecular weight is 505 g/mol. The highest BCUT2D eigenvalue weighted by Gasteiger charge is 2.33. The van der Waals surface area contributed by atoms with Crippen molar-refractivity contribution in [3.05, 3.63) is 69.1 Å². The highest BCUT2D eigenvalue weighted by Crippen LogP contribution is 2.31. The molecule has 4 rings (SSSR count). The number of thiazole rings is 1. The molecule has 1 atom stereocenters. The number of hydrogen-bond acceptors (Lipinski definition) is 6. The normalized spacial score (nSPS) is 15.8. The van der Waals surface area contributed by atoms with E-state index in [9.17, 15) is 18.0 Å². The summed E-state index contributed by atoms with van der Waals surface area (Å²) in [6.07, 6.45) is 0.232. The first kappa shape index (κ1) is 20.9. The number of carbonyl (C=O) groups is 2. The molecule has 1 amide bonds. The largest absolute Gasteiger partial charge is 0.294 e. The maximum absolute atomic E-state index is 12.7. The minimum absolute atomic E-state index is 0.0221. The van der Waals surface area contributed by atoms with Crippen molar-refractivity contribution in [2.24, 2.45) is 5.92 Å². The molecule has 1 aliphatic rings. The number of Topliss-reactive ketones (excluding diaryl/α,β-unsaturated/α-hetero) is 1. The Morgan fingerprint density at radius 1 is 1.27 bits per heavy atom. The van der Waals surface area contributed by atoms with Gasteiger partial charge >= 0.3 is 0 Å². The van der Waals surface area contributed by atoms with Crippen LogP contribution in [-0.4, -0.2) is 25.1 Å². The van der Waals surface area contributed by atoms with Gasteiger partial charge < -0.3 is 0 Å². The summed E-state index contributed by atoms with van der Waals surface area (Å²) in [4.78, 5) is 29.3. The van der Waals surface area contributed by atoms with Crippen LogP contribution >= 0.6 is 27.3 Å². The molecular formula is C21H17BrN2O4S2. The lowest BCUT2D eigenvalue weighted by Gasteiger charge is -2.10. The van der Waals surface area contributed by atoms with E-state index >= 15 is 0 Å². The van der Waals surface area contributed by atoms with Crippen molar-refractivity contribution in [2.45, 2.75) is 24.7 Å². The number of carbonyl (C=O) groups excluding carboxylic acids is 2. The van der Waals surface area contributed by atoms with Gasteiger partial charge in [-0.15, -0.1) is 11.3 Å². The van der Waals surface area contributed by atoms with Gasteiger partial charge in [-0.25, -0.2) is 18.1 Å². The number of nitrogens with zero attached hydrogens (tertiary/aromatic N) is 1. The summed E-state index contributed by atoms with van der Waals surface area (Å²) in [5.41, 5.74) is 2.97. The maximum Gasteiger partial charge on any atom is 0.264 e. The van der Waals surface area contributed by atoms with Gasteiger partial charge in [-0.1, -0.05) is 34.1 Å². The molecule has 0 spiro atoms. The highest BCUT2D eigenvalue weighted by molar-refractivity contribution is 9.10. The summed E-state index contributed by atoms with van der Waals surface area (Å²) in [5, 5.41) is 2.59. The standard InChI is InChI=1S/C21H17BrN2O4S2/c1-12-11-29-21(23-12)13-3-2-4-17(9-13)30(27,28)24-19(25)10-15-7-14-8-16(22)5-6-18(14)20(15)26/h2-6,8-9,11,15H,7,10H2,1H3,(H,24,25). The summed E-state index contributed by atoms with van der Waals surface area (Å²) >= 11 is 4.79. The molecule has 3 aromatic rings. The van der Waals surface area contributed by atoms with E-state index in [0.29, 0.717) is 22.6 Å². The van der Waals surface area contributed by atoms with Crippen LogP contribution in [0.2, 0.25) is 0 Å². The number of sulfonamides is 1. The predicted octanol–water partition coefficient (Wildman–Crippen LogP) is 4.13. The van der Waals surface area contributed by atoms with Crippen molar-refractivity contribution in [3.63, 3.8) is 0 Å². The summed E-state index contributed by atoms with van der Waals surface area (Å²) in [6.45, 7) is 1.86. The Hall–Kier alpha value is -2.36. The number of halogens is 1. The molecule has 0 aliphatic heterocycles. The molecule has 0 saturated heterocycles. The zero-order valence-corrected chi connectivity index (χ0v) is 19.1. The molecule has 6 nitrogen and oxygen atoms in total. The van der Waals surface area contributed by atoms with Crippen molar-refractivity contribution in [1.29, 1.82) is 0 Å². The first-order valence-corrected chi connectivity index (χ1v) is 12.3. The van der Waals surface area contributed by atoms with Crippen LogP contribution in [0.1, 0.15) is 28.0 Å². The second-order valence-corrected chi connectivity index (χ2v) is 10.6. The van der Waals surface area contributed by atoms with Crippen LogP contribution < -0.4 is 4.72 Å². The van der Waals surface area contributed by atoms with Crippen LogP contribution in [0.5, 0.6) is 0 Å². The molecule has 2 aromatic carbocycles. The lowest BCUT2D eigenvalue weighted by molar-refractivity contribution is -0.120. The van der Waals surface area contributed by atoms with Gasteiger partial charge in [0, 0.05) is 39.0 Å². The van der Waals surface area contributed by atoms with Crippen molar-refractivity contribution in [3.8, 4) is 10.6 Å². The zero-order valence-electron chi connectivity index (χ0n) is 15.9. The number of ketones is 1. The molecule has 0 saturated carbocycles. The first-order chi connectivity index (χ1) is 14.2. The van der Waals surface area contributed by atoms with Crippen molar-refractivity contribution < 1.29 is 18.0 Å². The number of aromatic nitrogens is 1. The quantitative estimate of drug-likeness (QED) is 0.563. The van der Waals surface area contributed by atoms with Gasteiger partial charge in [0.2, 0.25) is 5.91 Å². The molecule has 1 aromatic heterocycles. The number of fused-ring (bicyclic) bond motifs is 1. The Labute approximate surface area is 186 Å². The van der Waals surface area contributed by atoms with Crippen LogP contribution in [0.15, 0.2) is 57.2 Å². The molecule has 154 valence electrons. The van der Waals surface area contributed by atoms with Crippen molar-refractivity contribution >= 4 is 49.0 Å². The average Bonchev–Trinajstić information content (AvgIpc) is 3.25. The fourth-order valence-corrected chi connectivity index (χ4v) is 5.72. The number of hydrogen-bond donors (Lipinski definition) is 1. The molecule has 1 unspecified atom stereocenters. The second kappa shape index (κ2) is 8.05. The Morgan fingerprint density at radius 3 is 2.80 bits per heavy atom. The van der Waals surface area contributed by atoms with E-state index < -0.39 is 21.8 Å². The van der Waals surface area contributed by atoms with Crippen molar-refractivity contribution in [1.82, 2.24) is 9.71 Å². The Morgan fingerprint density at radius 2 is 2.07 bits per heavy atom. The molecule has 1 heterocycles. The topological polar surface area (TPSA) is 93.2 Å². The van der Waals surface area contributed by atoms with E-state index in [4.69, 9.17) is 0 Å². The Kier molecular flexibility index (Phi) is 5.61. The van der Waals surface area contributed by atoms with E-state index in [1.807, 2.05) is 18.4 Å². The van der Waals surface area contributed by atoms with Gasteiger partial charge in [-0.05, 0) is 43.2 Å². The maximum atomic E-state index is 12.7. The second-order valence-electron chi connectivity index (χ2n) is 7.12. The lowest BCUT2D eigenvalue weighted by atomic mass is 10.0. The summed E-state index contributed by atoms with van der Waals surface area (Å²) in [5.74, 6) is -1.39. The third-order valence-electron chi connectivity index (χ3n) is 4.86. The van der Waals surface area contributed by atoms with Gasteiger partial charge in [0.05, 0.1) is 4.90 Å². The van der Waals surface area contributed by atoms with E-state index in [1.165, 1.54) is 23.5 Å². The number of benzene rings is 2. The summed E-state index contributed by atoms with van der Waals surface area (Å²) in [6, 6.07) is 11.7. The Bertz CT molecular complexity index is 1270. The van der Waals surface area contributed by atoms with Crippen LogP contribution in [-0.2, 0) is 21.2 Å². The third kappa shape index (κ3) is 4.23. The minimum atomic E-state index is -4.06. The smallest absolute Gasteiger partial charge is 0.264 e. The van der Waals surface area contributed by atoms with Gasteiger partial charge in [-0.3, -0.25) is 9.59 Å².